The van der Waals surface area contributed by atoms with Crippen LogP contribution in [-0.4, -0.2) is 53.4 Å². The van der Waals surface area contributed by atoms with E-state index in [0.29, 0.717) is 17.6 Å². The molecule has 1 amide bonds. The van der Waals surface area contributed by atoms with Crippen LogP contribution in [0.5, 0.6) is 0 Å². The fraction of sp³-hybridized carbons (Fsp3) is 0.577. The summed E-state index contributed by atoms with van der Waals surface area (Å²) >= 11 is 12.6. The second kappa shape index (κ2) is 12.5. The molecule has 0 aliphatic carbocycles. The molecule has 36 heavy (non-hydrogen) atoms. The first-order chi connectivity index (χ1) is 16.7. The number of benzene rings is 1. The quantitative estimate of drug-likeness (QED) is 0.109. The van der Waals surface area contributed by atoms with E-state index in [2.05, 4.69) is 33.9 Å². The van der Waals surface area contributed by atoms with E-state index < -0.39 is 42.2 Å². The van der Waals surface area contributed by atoms with Crippen LogP contribution in [0.15, 0.2) is 41.6 Å². The Morgan fingerprint density at radius 3 is 2.17 bits per heavy atom. The number of carbonyl (C=O) groups is 3. The fourth-order valence-corrected chi connectivity index (χ4v) is 7.64. The minimum atomic E-state index is -1.60. The van der Waals surface area contributed by atoms with E-state index in [-0.39, 0.29) is 23.3 Å². The highest BCUT2D eigenvalue weighted by molar-refractivity contribution is 8.14. The minimum Gasteiger partial charge on any atom is -0.458 e. The molecule has 1 heterocycles. The third-order valence-corrected chi connectivity index (χ3v) is 8.59. The third kappa shape index (κ3) is 6.56. The summed E-state index contributed by atoms with van der Waals surface area (Å²) in [7, 11) is -1.60. The standard InChI is InChI=1S/C26H37Cl2NO5SSi/c1-9-26(25(4,5)6,34-36(7)8)19-21(30)29(20(16(2)3)23(31)33-15-18(27)28)22(19)35-24(32)17-13-11-10-12-14-17/h10-14,18-19,22,36H,9,15H2,1-8H3/t19-,22-,26?/m1/s1. The summed E-state index contributed by atoms with van der Waals surface area (Å²) < 4.78 is 11.9. The van der Waals surface area contributed by atoms with Crippen LogP contribution in [0.1, 0.15) is 58.3 Å². The lowest BCUT2D eigenvalue weighted by Gasteiger charge is -2.59. The number of thioether (sulfide) groups is 1. The van der Waals surface area contributed by atoms with E-state index in [9.17, 15) is 14.4 Å². The molecule has 0 radical (unpaired) electrons. The SMILES string of the molecule is CCC(O[SiH](C)C)([C@@H]1C(=O)N(C(C(=O)OCC(Cl)Cl)=C(C)C)[C@@H]1SC(=O)c1ccccc1)C(C)(C)C. The van der Waals surface area contributed by atoms with Crippen LogP contribution >= 0.6 is 35.0 Å². The number of ether oxygens (including phenoxy) is 1. The summed E-state index contributed by atoms with van der Waals surface area (Å²) in [6, 6.07) is 8.90. The Morgan fingerprint density at radius 2 is 1.72 bits per heavy atom. The number of allylic oxidation sites excluding steroid dienone is 1. The summed E-state index contributed by atoms with van der Waals surface area (Å²) in [6.07, 6.45) is 0.581. The fourth-order valence-electron chi connectivity index (χ4n) is 4.73. The van der Waals surface area contributed by atoms with Gasteiger partial charge in [0.1, 0.15) is 22.5 Å². The number of esters is 1. The van der Waals surface area contributed by atoms with Crippen molar-refractivity contribution in [3.63, 3.8) is 0 Å². The number of carbonyl (C=O) groups excluding carboxylic acids is 3. The predicted molar refractivity (Wildman–Crippen MR) is 150 cm³/mol. The average Bonchev–Trinajstić information content (AvgIpc) is 2.78. The van der Waals surface area contributed by atoms with Crippen molar-refractivity contribution >= 4 is 61.0 Å². The van der Waals surface area contributed by atoms with E-state index in [1.807, 2.05) is 13.0 Å². The molecule has 6 nitrogen and oxygen atoms in total. The monoisotopic (exact) mass is 573 g/mol. The minimum absolute atomic E-state index is 0.101. The molecule has 200 valence electrons. The number of amides is 1. The Labute approximate surface area is 230 Å². The van der Waals surface area contributed by atoms with Crippen LogP contribution in [0, 0.1) is 11.3 Å². The van der Waals surface area contributed by atoms with Crippen LogP contribution in [0.2, 0.25) is 13.1 Å². The molecule has 10 heteroatoms. The maximum atomic E-state index is 14.0. The number of β-lactam (4-membered cyclic amide) rings is 1. The molecule has 1 aliphatic heterocycles. The number of rotatable bonds is 10. The van der Waals surface area contributed by atoms with Gasteiger partial charge in [-0.1, -0.05) is 69.8 Å². The Balaban J connectivity index is 2.60. The van der Waals surface area contributed by atoms with Gasteiger partial charge in [0.15, 0.2) is 9.04 Å². The zero-order chi connectivity index (χ0) is 27.4. The predicted octanol–water partition coefficient (Wildman–Crippen LogP) is 6.18. The number of likely N-dealkylation sites (tertiary alicyclic amines) is 1. The van der Waals surface area contributed by atoms with Crippen LogP contribution in [0.25, 0.3) is 0 Å². The number of alkyl halides is 2. The first-order valence-electron chi connectivity index (χ1n) is 12.1. The molecule has 2 rings (SSSR count). The van der Waals surface area contributed by atoms with Crippen LogP contribution in [0.3, 0.4) is 0 Å². The maximum Gasteiger partial charge on any atom is 0.355 e. The van der Waals surface area contributed by atoms with Crippen molar-refractivity contribution in [2.75, 3.05) is 6.61 Å². The van der Waals surface area contributed by atoms with E-state index in [1.165, 1.54) is 4.90 Å². The molecular weight excluding hydrogens is 537 g/mol. The van der Waals surface area contributed by atoms with Gasteiger partial charge >= 0.3 is 5.97 Å². The third-order valence-electron chi connectivity index (χ3n) is 6.27. The van der Waals surface area contributed by atoms with Crippen molar-refractivity contribution in [2.24, 2.45) is 11.3 Å². The number of hydrogen-bond acceptors (Lipinski definition) is 6. The van der Waals surface area contributed by atoms with Crippen molar-refractivity contribution < 1.29 is 23.5 Å². The molecule has 1 aliphatic rings. The zero-order valence-electron chi connectivity index (χ0n) is 22.3. The van der Waals surface area contributed by atoms with Crippen molar-refractivity contribution in [3.05, 3.63) is 47.2 Å². The van der Waals surface area contributed by atoms with Crippen molar-refractivity contribution in [1.29, 1.82) is 0 Å². The second-order valence-corrected chi connectivity index (χ2v) is 15.0. The summed E-state index contributed by atoms with van der Waals surface area (Å²) in [4.78, 5) is 40.9. The summed E-state index contributed by atoms with van der Waals surface area (Å²) in [5.74, 6) is -1.60. The second-order valence-electron chi connectivity index (χ2n) is 10.3. The largest absolute Gasteiger partial charge is 0.458 e. The van der Waals surface area contributed by atoms with Crippen LogP contribution in [0.4, 0.5) is 0 Å². The molecule has 1 unspecified atom stereocenters. The van der Waals surface area contributed by atoms with Crippen LogP contribution in [-0.2, 0) is 18.8 Å². The number of hydrogen-bond donors (Lipinski definition) is 0. The molecule has 0 bridgehead atoms. The van der Waals surface area contributed by atoms with Crippen LogP contribution < -0.4 is 0 Å². The molecule has 3 atom stereocenters. The van der Waals surface area contributed by atoms with Gasteiger partial charge in [-0.05, 0) is 44.4 Å². The van der Waals surface area contributed by atoms with Gasteiger partial charge in [-0.3, -0.25) is 14.5 Å². The first-order valence-corrected chi connectivity index (χ1v) is 16.6. The van der Waals surface area contributed by atoms with Gasteiger partial charge in [0, 0.05) is 5.56 Å². The van der Waals surface area contributed by atoms with E-state index in [4.69, 9.17) is 32.4 Å². The molecule has 0 spiro atoms. The van der Waals surface area contributed by atoms with Gasteiger partial charge in [0.05, 0.1) is 11.5 Å². The highest BCUT2D eigenvalue weighted by Gasteiger charge is 2.64. The van der Waals surface area contributed by atoms with Crippen molar-refractivity contribution in [1.82, 2.24) is 4.90 Å². The topological polar surface area (TPSA) is 72.9 Å². The number of nitrogens with zero attached hydrogens (tertiary/aromatic N) is 1. The van der Waals surface area contributed by atoms with E-state index in [0.717, 1.165) is 11.8 Å². The molecule has 0 N–H and O–H groups in total. The summed E-state index contributed by atoms with van der Waals surface area (Å²) in [6.45, 7) is 15.6. The summed E-state index contributed by atoms with van der Waals surface area (Å²) in [5, 5.41) is -0.843. The van der Waals surface area contributed by atoms with Gasteiger partial charge < -0.3 is 9.16 Å². The Kier molecular flexibility index (Phi) is 10.7. The highest BCUT2D eigenvalue weighted by atomic mass is 35.5. The number of halogens is 2. The van der Waals surface area contributed by atoms with Crippen molar-refractivity contribution in [3.8, 4) is 0 Å². The zero-order valence-corrected chi connectivity index (χ0v) is 25.7. The molecule has 1 saturated heterocycles. The molecule has 0 saturated carbocycles. The van der Waals surface area contributed by atoms with Gasteiger partial charge in [0.25, 0.3) is 0 Å². The van der Waals surface area contributed by atoms with Gasteiger partial charge in [-0.25, -0.2) is 4.79 Å². The lowest BCUT2D eigenvalue weighted by molar-refractivity contribution is -0.179. The lowest BCUT2D eigenvalue weighted by Crippen LogP contribution is -2.71. The van der Waals surface area contributed by atoms with E-state index in [1.54, 1.807) is 38.1 Å². The Bertz CT molecular complexity index is 992. The normalized spacial score (nSPS) is 19.7. The average molecular weight is 575 g/mol. The maximum absolute atomic E-state index is 14.0. The van der Waals surface area contributed by atoms with Gasteiger partial charge in [-0.15, -0.1) is 23.2 Å². The van der Waals surface area contributed by atoms with Crippen molar-refractivity contribution in [2.45, 2.75) is 76.9 Å². The smallest absolute Gasteiger partial charge is 0.355 e. The molecule has 1 aromatic carbocycles. The van der Waals surface area contributed by atoms with E-state index >= 15 is 0 Å². The lowest BCUT2D eigenvalue weighted by atomic mass is 9.64. The molecular formula is C26H37Cl2NO5SSi. The molecule has 0 aromatic heterocycles. The highest BCUT2D eigenvalue weighted by Crippen LogP contribution is 2.54. The molecule has 1 fully saturated rings. The Morgan fingerprint density at radius 1 is 1.14 bits per heavy atom. The van der Waals surface area contributed by atoms with Gasteiger partial charge in [0.2, 0.25) is 11.0 Å². The van der Waals surface area contributed by atoms with Gasteiger partial charge in [-0.2, -0.15) is 0 Å². The Hall–Kier alpha value is -1.32. The summed E-state index contributed by atoms with van der Waals surface area (Å²) in [5.41, 5.74) is -0.0163. The first kappa shape index (κ1) is 30.9. The molecule has 1 aromatic rings.